The Balaban J connectivity index is 4.18. The molecule has 0 unspecified atom stereocenters. The summed E-state index contributed by atoms with van der Waals surface area (Å²) in [6.45, 7) is 13.4. The van der Waals surface area contributed by atoms with Crippen molar-refractivity contribution in [3.63, 3.8) is 0 Å². The van der Waals surface area contributed by atoms with E-state index in [2.05, 4.69) is 13.2 Å². The van der Waals surface area contributed by atoms with Gasteiger partial charge < -0.3 is 0 Å². The molecule has 0 aromatic carbocycles. The predicted octanol–water partition coefficient (Wildman–Crippen LogP) is 3.51. The number of allylic oxidation sites excluding steroid dienone is 2. The molecule has 0 aliphatic rings. The largest absolute Gasteiger partial charge is 0.299 e. The topological polar surface area (TPSA) is 17.1 Å². The number of Topliss-reactive ketones (excluding diaryl/α,β-unsaturated/α-hetero) is 1. The standard InChI is InChI=1S/C12H20O/c1-6-7-8-11(13)12(4,5)9-10(2)3/h6H,1-2,7-9H2,3-5H3. The molecule has 0 atom stereocenters. The number of hydrogen-bond acceptors (Lipinski definition) is 1. The van der Waals surface area contributed by atoms with Crippen LogP contribution in [0.25, 0.3) is 0 Å². The zero-order chi connectivity index (χ0) is 10.5. The third kappa shape index (κ3) is 4.66. The smallest absolute Gasteiger partial charge is 0.139 e. The number of carbonyl (C=O) groups is 1. The maximum absolute atomic E-state index is 11.7. The first-order valence-electron chi connectivity index (χ1n) is 4.68. The van der Waals surface area contributed by atoms with Crippen LogP contribution in [0.4, 0.5) is 0 Å². The van der Waals surface area contributed by atoms with E-state index in [-0.39, 0.29) is 5.41 Å². The molecule has 0 amide bonds. The first-order valence-corrected chi connectivity index (χ1v) is 4.68. The van der Waals surface area contributed by atoms with Crippen LogP contribution in [0.5, 0.6) is 0 Å². The average Bonchev–Trinajstić information content (AvgIpc) is 1.97. The van der Waals surface area contributed by atoms with E-state index >= 15 is 0 Å². The predicted molar refractivity (Wildman–Crippen MR) is 57.7 cm³/mol. The first-order chi connectivity index (χ1) is 5.90. The van der Waals surface area contributed by atoms with Crippen molar-refractivity contribution in [2.24, 2.45) is 5.41 Å². The van der Waals surface area contributed by atoms with Gasteiger partial charge in [0.15, 0.2) is 0 Å². The average molecular weight is 180 g/mol. The second-order valence-corrected chi connectivity index (χ2v) is 4.27. The van der Waals surface area contributed by atoms with E-state index in [0.717, 1.165) is 18.4 Å². The van der Waals surface area contributed by atoms with Gasteiger partial charge in [0.05, 0.1) is 0 Å². The number of rotatable bonds is 6. The second kappa shape index (κ2) is 5.00. The molecule has 0 fully saturated rings. The van der Waals surface area contributed by atoms with Crippen molar-refractivity contribution in [3.05, 3.63) is 24.8 Å². The van der Waals surface area contributed by atoms with Crippen molar-refractivity contribution in [1.82, 2.24) is 0 Å². The second-order valence-electron chi connectivity index (χ2n) is 4.27. The quantitative estimate of drug-likeness (QED) is 0.572. The van der Waals surface area contributed by atoms with Crippen LogP contribution in [0.3, 0.4) is 0 Å². The van der Waals surface area contributed by atoms with Crippen LogP contribution in [-0.2, 0) is 4.79 Å². The summed E-state index contributed by atoms with van der Waals surface area (Å²) in [5, 5.41) is 0. The molecule has 0 aliphatic carbocycles. The van der Waals surface area contributed by atoms with Gasteiger partial charge in [-0.2, -0.15) is 0 Å². The molecule has 0 saturated carbocycles. The Morgan fingerprint density at radius 2 is 2.00 bits per heavy atom. The number of ketones is 1. The lowest BCUT2D eigenvalue weighted by atomic mass is 9.80. The minimum absolute atomic E-state index is 0.255. The summed E-state index contributed by atoms with van der Waals surface area (Å²) >= 11 is 0. The summed E-state index contributed by atoms with van der Waals surface area (Å²) in [4.78, 5) is 11.7. The highest BCUT2D eigenvalue weighted by Gasteiger charge is 2.25. The third-order valence-corrected chi connectivity index (χ3v) is 2.07. The van der Waals surface area contributed by atoms with Crippen molar-refractivity contribution in [2.75, 3.05) is 0 Å². The Kier molecular flexibility index (Phi) is 4.68. The minimum Gasteiger partial charge on any atom is -0.299 e. The molecular weight excluding hydrogens is 160 g/mol. The highest BCUT2D eigenvalue weighted by molar-refractivity contribution is 5.84. The van der Waals surface area contributed by atoms with Crippen LogP contribution in [-0.4, -0.2) is 5.78 Å². The zero-order valence-electron chi connectivity index (χ0n) is 9.02. The van der Waals surface area contributed by atoms with E-state index in [0.29, 0.717) is 12.2 Å². The van der Waals surface area contributed by atoms with Gasteiger partial charge in [0, 0.05) is 11.8 Å². The van der Waals surface area contributed by atoms with E-state index < -0.39 is 0 Å². The normalized spacial score (nSPS) is 11.0. The van der Waals surface area contributed by atoms with Crippen LogP contribution >= 0.6 is 0 Å². The summed E-state index contributed by atoms with van der Waals surface area (Å²) < 4.78 is 0. The molecule has 74 valence electrons. The lowest BCUT2D eigenvalue weighted by molar-refractivity contribution is -0.127. The van der Waals surface area contributed by atoms with E-state index in [1.807, 2.05) is 20.8 Å². The highest BCUT2D eigenvalue weighted by atomic mass is 16.1. The molecule has 0 aromatic rings. The van der Waals surface area contributed by atoms with Gasteiger partial charge >= 0.3 is 0 Å². The molecule has 0 bridgehead atoms. The molecule has 0 saturated heterocycles. The third-order valence-electron chi connectivity index (χ3n) is 2.07. The Morgan fingerprint density at radius 1 is 1.46 bits per heavy atom. The molecule has 1 nitrogen and oxygen atoms in total. The van der Waals surface area contributed by atoms with Gasteiger partial charge in [0.1, 0.15) is 5.78 Å². The van der Waals surface area contributed by atoms with Crippen LogP contribution in [0.1, 0.15) is 40.0 Å². The zero-order valence-corrected chi connectivity index (χ0v) is 9.02. The minimum atomic E-state index is -0.255. The molecule has 0 radical (unpaired) electrons. The van der Waals surface area contributed by atoms with Crippen molar-refractivity contribution in [3.8, 4) is 0 Å². The molecule has 0 heterocycles. The van der Waals surface area contributed by atoms with Gasteiger partial charge in [-0.25, -0.2) is 0 Å². The van der Waals surface area contributed by atoms with Gasteiger partial charge in [0.25, 0.3) is 0 Å². The summed E-state index contributed by atoms with van der Waals surface area (Å²) in [5.41, 5.74) is 0.812. The maximum atomic E-state index is 11.7. The number of carbonyl (C=O) groups excluding carboxylic acids is 1. The summed E-state index contributed by atoms with van der Waals surface area (Å²) in [6.07, 6.45) is 3.94. The molecular formula is C12H20O. The van der Waals surface area contributed by atoms with Crippen LogP contribution < -0.4 is 0 Å². The molecule has 0 aromatic heterocycles. The van der Waals surface area contributed by atoms with Gasteiger partial charge in [0.2, 0.25) is 0 Å². The molecule has 13 heavy (non-hydrogen) atoms. The molecule has 0 rings (SSSR count). The fourth-order valence-electron chi connectivity index (χ4n) is 1.42. The van der Waals surface area contributed by atoms with Crippen molar-refractivity contribution in [2.45, 2.75) is 40.0 Å². The Morgan fingerprint density at radius 3 is 2.38 bits per heavy atom. The summed E-state index contributed by atoms with van der Waals surface area (Å²) in [6, 6.07) is 0. The number of hydrogen-bond donors (Lipinski definition) is 0. The van der Waals surface area contributed by atoms with E-state index in [4.69, 9.17) is 0 Å². The van der Waals surface area contributed by atoms with Crippen molar-refractivity contribution in [1.29, 1.82) is 0 Å². The fraction of sp³-hybridized carbons (Fsp3) is 0.583. The van der Waals surface area contributed by atoms with Crippen molar-refractivity contribution >= 4 is 5.78 Å². The Labute approximate surface area is 81.5 Å². The van der Waals surface area contributed by atoms with Crippen molar-refractivity contribution < 1.29 is 4.79 Å². The molecule has 1 heteroatoms. The monoisotopic (exact) mass is 180 g/mol. The summed E-state index contributed by atoms with van der Waals surface area (Å²) in [5.74, 6) is 0.301. The van der Waals surface area contributed by atoms with Gasteiger partial charge in [-0.1, -0.05) is 25.5 Å². The molecule has 0 aliphatic heterocycles. The maximum Gasteiger partial charge on any atom is 0.139 e. The lowest BCUT2D eigenvalue weighted by Crippen LogP contribution is -2.24. The highest BCUT2D eigenvalue weighted by Crippen LogP contribution is 2.27. The Bertz CT molecular complexity index is 211. The van der Waals surface area contributed by atoms with Crippen LogP contribution in [0, 0.1) is 5.41 Å². The fourth-order valence-corrected chi connectivity index (χ4v) is 1.42. The lowest BCUT2D eigenvalue weighted by Gasteiger charge is -2.22. The first kappa shape index (κ1) is 12.2. The Hall–Kier alpha value is -0.850. The van der Waals surface area contributed by atoms with Gasteiger partial charge in [-0.3, -0.25) is 4.79 Å². The van der Waals surface area contributed by atoms with Gasteiger partial charge in [-0.05, 0) is 19.8 Å². The van der Waals surface area contributed by atoms with Crippen LogP contribution in [0.2, 0.25) is 0 Å². The van der Waals surface area contributed by atoms with E-state index in [1.54, 1.807) is 6.08 Å². The van der Waals surface area contributed by atoms with E-state index in [9.17, 15) is 4.79 Å². The van der Waals surface area contributed by atoms with Gasteiger partial charge in [-0.15, -0.1) is 13.2 Å². The van der Waals surface area contributed by atoms with E-state index in [1.165, 1.54) is 0 Å². The molecule has 0 spiro atoms. The van der Waals surface area contributed by atoms with Crippen LogP contribution in [0.15, 0.2) is 24.8 Å². The molecule has 0 N–H and O–H groups in total. The summed E-state index contributed by atoms with van der Waals surface area (Å²) in [7, 11) is 0. The SMILES string of the molecule is C=CCCC(=O)C(C)(C)CC(=C)C.